The van der Waals surface area contributed by atoms with Crippen molar-refractivity contribution in [1.29, 1.82) is 0 Å². The summed E-state index contributed by atoms with van der Waals surface area (Å²) in [5.41, 5.74) is 10.6. The largest absolute Gasteiger partial charge is 0.302 e. The van der Waals surface area contributed by atoms with Crippen molar-refractivity contribution in [3.63, 3.8) is 0 Å². The number of nitrogens with zero attached hydrogens (tertiary/aromatic N) is 4. The molecular weight excluding hydrogens is 300 g/mol. The zero-order valence-corrected chi connectivity index (χ0v) is 13.2. The molecule has 0 radical (unpaired) electrons. The molecule has 1 aliphatic carbocycles. The Morgan fingerprint density at radius 1 is 1.23 bits per heavy atom. The second kappa shape index (κ2) is 7.98. The van der Waals surface area contributed by atoms with Crippen LogP contribution < -0.4 is 0 Å². The van der Waals surface area contributed by atoms with E-state index in [1.165, 1.54) is 16.3 Å². The molecule has 1 aromatic carbocycles. The van der Waals surface area contributed by atoms with Gasteiger partial charge in [-0.05, 0) is 43.2 Å². The van der Waals surface area contributed by atoms with Crippen molar-refractivity contribution in [2.45, 2.75) is 38.6 Å². The van der Waals surface area contributed by atoms with Gasteiger partial charge in [0.05, 0.1) is 0 Å². The van der Waals surface area contributed by atoms with Crippen molar-refractivity contribution in [2.75, 3.05) is 6.54 Å². The highest BCUT2D eigenvalue weighted by Crippen LogP contribution is 2.21. The Balaban J connectivity index is 2.11. The molecule has 0 saturated carbocycles. The van der Waals surface area contributed by atoms with E-state index in [4.69, 9.17) is 5.53 Å². The molecule has 0 atom stereocenters. The average Bonchev–Trinajstić information content (AvgIpc) is 2.53. The third-order valence-electron chi connectivity index (χ3n) is 3.74. The number of benzene rings is 1. The van der Waals surface area contributed by atoms with E-state index in [1.807, 2.05) is 30.3 Å². The van der Waals surface area contributed by atoms with Gasteiger partial charge in [-0.25, -0.2) is 8.42 Å². The quantitative estimate of drug-likeness (QED) is 0.330. The summed E-state index contributed by atoms with van der Waals surface area (Å²) in [7, 11) is -3.96. The van der Waals surface area contributed by atoms with E-state index in [1.54, 1.807) is 0 Å². The molecule has 0 bridgehead atoms. The van der Waals surface area contributed by atoms with E-state index < -0.39 is 10.2 Å². The van der Waals surface area contributed by atoms with Crippen LogP contribution in [0.2, 0.25) is 0 Å². The predicted octanol–water partition coefficient (Wildman–Crippen LogP) is 3.93. The SMILES string of the molecule is [N-]=[N+]=NS(=O)(=O)N(CCC1=CCCCC1)Cc1ccccc1. The number of hydrogen-bond donors (Lipinski definition) is 0. The molecule has 1 aliphatic rings. The Hall–Kier alpha value is -1.82. The number of rotatable bonds is 7. The lowest BCUT2D eigenvalue weighted by Gasteiger charge is -2.21. The molecular formula is C15H20N4O2S. The van der Waals surface area contributed by atoms with Crippen molar-refractivity contribution >= 4 is 10.2 Å². The average molecular weight is 320 g/mol. The van der Waals surface area contributed by atoms with Crippen LogP contribution in [0.25, 0.3) is 10.4 Å². The molecule has 0 unspecified atom stereocenters. The summed E-state index contributed by atoms with van der Waals surface area (Å²) in [6, 6.07) is 9.31. The summed E-state index contributed by atoms with van der Waals surface area (Å²) in [4.78, 5) is 2.45. The Labute approximate surface area is 131 Å². The third-order valence-corrected chi connectivity index (χ3v) is 4.98. The normalized spacial score (nSPS) is 15.2. The van der Waals surface area contributed by atoms with Crippen LogP contribution in [0.3, 0.4) is 0 Å². The topological polar surface area (TPSA) is 86.1 Å². The molecule has 0 aliphatic heterocycles. The minimum absolute atomic E-state index is 0.218. The van der Waals surface area contributed by atoms with E-state index >= 15 is 0 Å². The molecule has 2 rings (SSSR count). The molecule has 22 heavy (non-hydrogen) atoms. The summed E-state index contributed by atoms with van der Waals surface area (Å²) in [5.74, 6) is 0. The Bertz CT molecular complexity index is 664. The second-order valence-electron chi connectivity index (χ2n) is 5.33. The fourth-order valence-corrected chi connectivity index (χ4v) is 3.39. The summed E-state index contributed by atoms with van der Waals surface area (Å²) in [5, 5.41) is 0. The zero-order valence-electron chi connectivity index (χ0n) is 12.4. The second-order valence-corrected chi connectivity index (χ2v) is 6.90. The molecule has 0 N–H and O–H groups in total. The van der Waals surface area contributed by atoms with Crippen LogP contribution in [0.1, 0.15) is 37.7 Å². The van der Waals surface area contributed by atoms with E-state index in [0.717, 1.165) is 24.8 Å². The smallest absolute Gasteiger partial charge is 0.204 e. The third kappa shape index (κ3) is 4.87. The van der Waals surface area contributed by atoms with Crippen molar-refractivity contribution in [3.05, 3.63) is 58.0 Å². The molecule has 118 valence electrons. The van der Waals surface area contributed by atoms with Crippen molar-refractivity contribution in [3.8, 4) is 0 Å². The maximum Gasteiger partial charge on any atom is 0.302 e. The van der Waals surface area contributed by atoms with Crippen LogP contribution >= 0.6 is 0 Å². The Morgan fingerprint density at radius 3 is 2.64 bits per heavy atom. The maximum absolute atomic E-state index is 12.1. The van der Waals surface area contributed by atoms with Gasteiger partial charge in [0.2, 0.25) is 0 Å². The molecule has 7 heteroatoms. The highest BCUT2D eigenvalue weighted by atomic mass is 32.2. The van der Waals surface area contributed by atoms with E-state index in [0.29, 0.717) is 13.0 Å². The van der Waals surface area contributed by atoms with Crippen LogP contribution in [0.15, 0.2) is 46.5 Å². The first-order valence-electron chi connectivity index (χ1n) is 7.40. The predicted molar refractivity (Wildman–Crippen MR) is 86.1 cm³/mol. The van der Waals surface area contributed by atoms with Crippen molar-refractivity contribution in [1.82, 2.24) is 4.31 Å². The summed E-state index contributed by atoms with van der Waals surface area (Å²) >= 11 is 0. The van der Waals surface area contributed by atoms with Crippen molar-refractivity contribution < 1.29 is 8.42 Å². The van der Waals surface area contributed by atoms with Gasteiger partial charge in [0.1, 0.15) is 0 Å². The number of hydrogen-bond acceptors (Lipinski definition) is 2. The minimum Gasteiger partial charge on any atom is -0.204 e. The molecule has 6 nitrogen and oxygen atoms in total. The van der Waals surface area contributed by atoms with E-state index in [9.17, 15) is 8.42 Å². The van der Waals surface area contributed by atoms with Crippen LogP contribution in [0.4, 0.5) is 0 Å². The van der Waals surface area contributed by atoms with Crippen LogP contribution in [0.5, 0.6) is 0 Å². The lowest BCUT2D eigenvalue weighted by atomic mass is 9.97. The molecule has 0 amide bonds. The van der Waals surface area contributed by atoms with Gasteiger partial charge in [-0.15, -0.1) is 0 Å². The van der Waals surface area contributed by atoms with Gasteiger partial charge < -0.3 is 0 Å². The lowest BCUT2D eigenvalue weighted by Crippen LogP contribution is -2.30. The Kier molecular flexibility index (Phi) is 6.00. The highest BCUT2D eigenvalue weighted by molar-refractivity contribution is 7.87. The van der Waals surface area contributed by atoms with Gasteiger partial charge in [-0.2, -0.15) is 4.31 Å². The minimum atomic E-state index is -3.96. The monoisotopic (exact) mass is 320 g/mol. The van der Waals surface area contributed by atoms with Crippen LogP contribution in [0, 0.1) is 0 Å². The fourth-order valence-electron chi connectivity index (χ4n) is 2.56. The lowest BCUT2D eigenvalue weighted by molar-refractivity contribution is 0.406. The van der Waals surface area contributed by atoms with Gasteiger partial charge in [-0.3, -0.25) is 0 Å². The number of allylic oxidation sites excluding steroid dienone is 1. The fraction of sp³-hybridized carbons (Fsp3) is 0.467. The highest BCUT2D eigenvalue weighted by Gasteiger charge is 2.21. The zero-order chi connectivity index (χ0) is 15.8. The van der Waals surface area contributed by atoms with Gasteiger partial charge in [-0.1, -0.05) is 42.0 Å². The summed E-state index contributed by atoms with van der Waals surface area (Å²) < 4.78 is 28.4. The molecule has 0 fully saturated rings. The number of azide groups is 1. The molecule has 0 heterocycles. The van der Waals surface area contributed by atoms with Gasteiger partial charge in [0.25, 0.3) is 0 Å². The van der Waals surface area contributed by atoms with Crippen LogP contribution in [-0.2, 0) is 16.8 Å². The van der Waals surface area contributed by atoms with Gasteiger partial charge in [0.15, 0.2) is 0 Å². The van der Waals surface area contributed by atoms with Gasteiger partial charge in [0, 0.05) is 22.5 Å². The summed E-state index contributed by atoms with van der Waals surface area (Å²) in [6.45, 7) is 0.553. The standard InChI is InChI=1S/C15H20N4O2S/c16-17-18-22(20,21)19(13-15-9-5-2-6-10-15)12-11-14-7-3-1-4-8-14/h2,5-7,9-10H,1,3-4,8,11-13H2. The first-order valence-corrected chi connectivity index (χ1v) is 8.80. The first-order chi connectivity index (χ1) is 10.6. The van der Waals surface area contributed by atoms with Gasteiger partial charge >= 0.3 is 10.2 Å². The van der Waals surface area contributed by atoms with Crippen LogP contribution in [-0.4, -0.2) is 19.3 Å². The first kappa shape index (κ1) is 16.5. The Morgan fingerprint density at radius 2 is 2.00 bits per heavy atom. The molecule has 0 saturated heterocycles. The summed E-state index contributed by atoms with van der Waals surface area (Å²) in [6.07, 6.45) is 7.34. The maximum atomic E-state index is 12.1. The molecule has 1 aromatic rings. The van der Waals surface area contributed by atoms with E-state index in [2.05, 4.69) is 15.5 Å². The van der Waals surface area contributed by atoms with Crippen molar-refractivity contribution in [2.24, 2.45) is 4.52 Å². The molecule has 0 spiro atoms. The van der Waals surface area contributed by atoms with E-state index in [-0.39, 0.29) is 6.54 Å². The molecule has 0 aromatic heterocycles.